The molecule has 0 unspecified atom stereocenters. The summed E-state index contributed by atoms with van der Waals surface area (Å²) in [6, 6.07) is 0. The van der Waals surface area contributed by atoms with Gasteiger partial charge in [-0.2, -0.15) is 0 Å². The van der Waals surface area contributed by atoms with Crippen molar-refractivity contribution in [1.82, 2.24) is 0 Å². The van der Waals surface area contributed by atoms with Crippen LogP contribution in [0.25, 0.3) is 0 Å². The van der Waals surface area contributed by atoms with Crippen LogP contribution in [-0.2, 0) is 9.22 Å². The number of rotatable bonds is 5. The van der Waals surface area contributed by atoms with Crippen molar-refractivity contribution in [3.05, 3.63) is 12.7 Å². The van der Waals surface area contributed by atoms with E-state index in [0.717, 1.165) is 19.4 Å². The van der Waals surface area contributed by atoms with Crippen molar-refractivity contribution >= 4 is 14.1 Å². The van der Waals surface area contributed by atoms with Crippen LogP contribution in [0.1, 0.15) is 33.6 Å². The molecular weight excluding hydrogens is 228 g/mol. The lowest BCUT2D eigenvalue weighted by Gasteiger charge is -2.41. The largest absolute Gasteiger partial charge is 0.417 e. The Morgan fingerprint density at radius 3 is 2.35 bits per heavy atom. The van der Waals surface area contributed by atoms with Crippen molar-refractivity contribution in [1.29, 1.82) is 0 Å². The third-order valence-corrected chi connectivity index (χ3v) is 8.95. The molecule has 1 aliphatic carbocycles. The van der Waals surface area contributed by atoms with Crippen LogP contribution in [0.3, 0.4) is 0 Å². The Bertz CT molecular complexity index is 302. The molecule has 0 aliphatic heterocycles. The number of hydrogen-bond acceptors (Lipinski definition) is 2. The molecule has 0 saturated heterocycles. The number of carbonyl (C=O) groups is 1. The molecule has 0 amide bonds. The first kappa shape index (κ1) is 14.6. The van der Waals surface area contributed by atoms with Gasteiger partial charge in [-0.25, -0.2) is 0 Å². The first-order chi connectivity index (χ1) is 7.69. The molecule has 0 aromatic rings. The molecule has 1 fully saturated rings. The highest BCUT2D eigenvalue weighted by atomic mass is 28.4. The molecule has 0 spiro atoms. The molecule has 98 valence electrons. The molecule has 17 heavy (non-hydrogen) atoms. The van der Waals surface area contributed by atoms with Crippen molar-refractivity contribution < 1.29 is 9.22 Å². The van der Waals surface area contributed by atoms with Gasteiger partial charge in [-0.05, 0) is 43.0 Å². The minimum Gasteiger partial charge on any atom is -0.417 e. The number of carbonyl (C=O) groups excluding carboxylic acids is 1. The predicted octanol–water partition coefficient (Wildman–Crippen LogP) is 3.79. The predicted molar refractivity (Wildman–Crippen MR) is 74.6 cm³/mol. The zero-order valence-electron chi connectivity index (χ0n) is 11.9. The minimum atomic E-state index is -1.66. The summed E-state index contributed by atoms with van der Waals surface area (Å²) in [5.74, 6) is 0.798. The molecule has 0 aromatic carbocycles. The maximum absolute atomic E-state index is 11.6. The van der Waals surface area contributed by atoms with E-state index in [9.17, 15) is 4.79 Å². The van der Waals surface area contributed by atoms with E-state index in [1.54, 1.807) is 0 Å². The zero-order valence-corrected chi connectivity index (χ0v) is 12.9. The summed E-state index contributed by atoms with van der Waals surface area (Å²) in [6.07, 6.45) is 3.60. The standard InChI is InChI=1S/C14H26O2Si/c1-7-13(15)12-9-8-11(12)10-16-17(5,6)14(2,3)4/h7,11-12H,1,8-10H2,2-6H3/t11-,12+/m0/s1. The Balaban J connectivity index is 2.47. The summed E-state index contributed by atoms with van der Waals surface area (Å²) in [5.41, 5.74) is 0. The van der Waals surface area contributed by atoms with Gasteiger partial charge in [-0.1, -0.05) is 27.4 Å². The molecule has 2 atom stereocenters. The van der Waals surface area contributed by atoms with Crippen LogP contribution in [0.2, 0.25) is 18.1 Å². The Kier molecular flexibility index (Phi) is 4.36. The van der Waals surface area contributed by atoms with Crippen molar-refractivity contribution in [2.75, 3.05) is 6.61 Å². The highest BCUT2D eigenvalue weighted by Gasteiger charge is 2.40. The summed E-state index contributed by atoms with van der Waals surface area (Å²) >= 11 is 0. The lowest BCUT2D eigenvalue weighted by Crippen LogP contribution is -2.44. The number of hydrogen-bond donors (Lipinski definition) is 0. The fourth-order valence-electron chi connectivity index (χ4n) is 1.83. The van der Waals surface area contributed by atoms with Gasteiger partial charge in [0.25, 0.3) is 0 Å². The molecule has 2 nitrogen and oxygen atoms in total. The van der Waals surface area contributed by atoms with E-state index in [-0.39, 0.29) is 16.7 Å². The Morgan fingerprint density at radius 1 is 1.41 bits per heavy atom. The summed E-state index contributed by atoms with van der Waals surface area (Å²) in [6.45, 7) is 15.6. The van der Waals surface area contributed by atoms with Gasteiger partial charge in [0, 0.05) is 12.5 Å². The maximum atomic E-state index is 11.6. The zero-order chi connectivity index (χ0) is 13.3. The highest BCUT2D eigenvalue weighted by molar-refractivity contribution is 6.74. The summed E-state index contributed by atoms with van der Waals surface area (Å²) < 4.78 is 6.18. The molecule has 0 N–H and O–H groups in total. The second-order valence-electron chi connectivity index (χ2n) is 6.62. The summed E-state index contributed by atoms with van der Waals surface area (Å²) in [5, 5.41) is 0.245. The molecule has 1 saturated carbocycles. The van der Waals surface area contributed by atoms with Gasteiger partial charge in [0.05, 0.1) is 0 Å². The highest BCUT2D eigenvalue weighted by Crippen LogP contribution is 2.40. The molecule has 0 aromatic heterocycles. The van der Waals surface area contributed by atoms with Gasteiger partial charge in [0.1, 0.15) is 0 Å². The SMILES string of the molecule is C=CC(=O)[C@@H]1CC[C@H]1CO[Si](C)(C)C(C)(C)C. The Morgan fingerprint density at radius 2 is 2.00 bits per heavy atom. The van der Waals surface area contributed by atoms with E-state index in [1.165, 1.54) is 6.08 Å². The van der Waals surface area contributed by atoms with Gasteiger partial charge < -0.3 is 4.43 Å². The van der Waals surface area contributed by atoms with Gasteiger partial charge >= 0.3 is 0 Å². The van der Waals surface area contributed by atoms with E-state index in [4.69, 9.17) is 4.43 Å². The van der Waals surface area contributed by atoms with Crippen molar-refractivity contribution in [2.24, 2.45) is 11.8 Å². The molecule has 0 heterocycles. The lowest BCUT2D eigenvalue weighted by molar-refractivity contribution is -0.124. The fourth-order valence-corrected chi connectivity index (χ4v) is 2.89. The summed E-state index contributed by atoms with van der Waals surface area (Å²) in [4.78, 5) is 11.6. The van der Waals surface area contributed by atoms with E-state index >= 15 is 0 Å². The average molecular weight is 254 g/mol. The molecule has 0 radical (unpaired) electrons. The second-order valence-corrected chi connectivity index (χ2v) is 11.4. The molecule has 0 bridgehead atoms. The first-order valence-corrected chi connectivity index (χ1v) is 9.40. The van der Waals surface area contributed by atoms with Crippen LogP contribution in [0, 0.1) is 11.8 Å². The van der Waals surface area contributed by atoms with Crippen molar-refractivity contribution in [2.45, 2.75) is 51.7 Å². The van der Waals surface area contributed by atoms with Crippen molar-refractivity contribution in [3.63, 3.8) is 0 Å². The Labute approximate surface area is 107 Å². The van der Waals surface area contributed by atoms with Crippen LogP contribution >= 0.6 is 0 Å². The van der Waals surface area contributed by atoms with Gasteiger partial charge in [-0.15, -0.1) is 0 Å². The van der Waals surface area contributed by atoms with Crippen LogP contribution in [0.4, 0.5) is 0 Å². The normalized spacial score (nSPS) is 25.2. The van der Waals surface area contributed by atoms with Crippen molar-refractivity contribution in [3.8, 4) is 0 Å². The van der Waals surface area contributed by atoms with E-state index < -0.39 is 8.32 Å². The van der Waals surface area contributed by atoms with Crippen LogP contribution in [0.5, 0.6) is 0 Å². The second kappa shape index (κ2) is 5.07. The van der Waals surface area contributed by atoms with Crippen LogP contribution in [-0.4, -0.2) is 20.7 Å². The van der Waals surface area contributed by atoms with E-state index in [2.05, 4.69) is 40.4 Å². The first-order valence-electron chi connectivity index (χ1n) is 6.49. The Hall–Kier alpha value is -0.413. The fraction of sp³-hybridized carbons (Fsp3) is 0.786. The molecule has 1 rings (SSSR count). The quantitative estimate of drug-likeness (QED) is 0.551. The lowest BCUT2D eigenvalue weighted by atomic mass is 9.72. The van der Waals surface area contributed by atoms with E-state index in [0.29, 0.717) is 5.92 Å². The number of allylic oxidation sites excluding steroid dienone is 1. The average Bonchev–Trinajstić information content (AvgIpc) is 2.14. The molecular formula is C14H26O2Si. The van der Waals surface area contributed by atoms with Crippen LogP contribution < -0.4 is 0 Å². The summed E-state index contributed by atoms with van der Waals surface area (Å²) in [7, 11) is -1.66. The molecule has 1 aliphatic rings. The third-order valence-electron chi connectivity index (χ3n) is 4.45. The maximum Gasteiger partial charge on any atom is 0.191 e. The van der Waals surface area contributed by atoms with E-state index in [1.807, 2.05) is 0 Å². The minimum absolute atomic E-state index is 0.178. The van der Waals surface area contributed by atoms with Gasteiger partial charge in [-0.3, -0.25) is 4.79 Å². The van der Waals surface area contributed by atoms with Gasteiger partial charge in [0.15, 0.2) is 14.1 Å². The molecule has 3 heteroatoms. The third kappa shape index (κ3) is 3.29. The topological polar surface area (TPSA) is 26.3 Å². The number of ketones is 1. The van der Waals surface area contributed by atoms with Crippen LogP contribution in [0.15, 0.2) is 12.7 Å². The monoisotopic (exact) mass is 254 g/mol. The van der Waals surface area contributed by atoms with Gasteiger partial charge in [0.2, 0.25) is 0 Å². The smallest absolute Gasteiger partial charge is 0.191 e.